The van der Waals surface area contributed by atoms with Gasteiger partial charge in [-0.3, -0.25) is 0 Å². The lowest BCUT2D eigenvalue weighted by atomic mass is 9.98. The Balaban J connectivity index is 2.19. The molecule has 2 aliphatic carbocycles. The van der Waals surface area contributed by atoms with E-state index in [9.17, 15) is 5.11 Å². The molecule has 14 heavy (non-hydrogen) atoms. The van der Waals surface area contributed by atoms with E-state index in [1.54, 1.807) is 0 Å². The first-order valence-electron chi connectivity index (χ1n) is 5.23. The maximum Gasteiger partial charge on any atom is 0.0902 e. The first-order chi connectivity index (χ1) is 6.69. The molecule has 2 heteroatoms. The summed E-state index contributed by atoms with van der Waals surface area (Å²) in [5.41, 5.74) is 3.58. The normalized spacial score (nSPS) is 22.1. The summed E-state index contributed by atoms with van der Waals surface area (Å²) in [6, 6.07) is 4.31. The largest absolute Gasteiger partial charge is 0.385 e. The maximum absolute atomic E-state index is 10.2. The van der Waals surface area contributed by atoms with Crippen LogP contribution in [-0.2, 0) is 18.4 Å². The number of hydrogen-bond donors (Lipinski definition) is 1. The summed E-state index contributed by atoms with van der Waals surface area (Å²) in [5.74, 6) is 0. The SMILES string of the molecule is OC1(c2cc(Br)cc3c2CCC3)CC1. The van der Waals surface area contributed by atoms with Crippen LogP contribution < -0.4 is 0 Å². The molecule has 0 radical (unpaired) electrons. The highest BCUT2D eigenvalue weighted by atomic mass is 79.9. The molecule has 1 aromatic carbocycles. The van der Waals surface area contributed by atoms with Gasteiger partial charge in [-0.15, -0.1) is 0 Å². The van der Waals surface area contributed by atoms with E-state index in [4.69, 9.17) is 0 Å². The molecule has 3 rings (SSSR count). The van der Waals surface area contributed by atoms with Gasteiger partial charge in [-0.05, 0) is 60.9 Å². The molecule has 1 fully saturated rings. The van der Waals surface area contributed by atoms with Crippen LogP contribution in [0.1, 0.15) is 36.0 Å². The van der Waals surface area contributed by atoms with Gasteiger partial charge in [-0.1, -0.05) is 15.9 Å². The minimum Gasteiger partial charge on any atom is -0.385 e. The van der Waals surface area contributed by atoms with Gasteiger partial charge in [-0.2, -0.15) is 0 Å². The predicted octanol–water partition coefficient (Wildman–Crippen LogP) is 2.92. The zero-order valence-electron chi connectivity index (χ0n) is 8.02. The van der Waals surface area contributed by atoms with Crippen LogP contribution in [0.25, 0.3) is 0 Å². The molecule has 0 saturated heterocycles. The van der Waals surface area contributed by atoms with Gasteiger partial charge in [0.15, 0.2) is 0 Å². The number of hydrogen-bond acceptors (Lipinski definition) is 1. The zero-order valence-corrected chi connectivity index (χ0v) is 9.60. The third-order valence-corrected chi connectivity index (χ3v) is 3.86. The third-order valence-electron chi connectivity index (χ3n) is 3.40. The van der Waals surface area contributed by atoms with Gasteiger partial charge < -0.3 is 5.11 Å². The summed E-state index contributed by atoms with van der Waals surface area (Å²) in [5, 5.41) is 10.2. The average molecular weight is 253 g/mol. The van der Waals surface area contributed by atoms with Crippen LogP contribution in [-0.4, -0.2) is 5.11 Å². The molecule has 0 heterocycles. The Labute approximate surface area is 92.3 Å². The first-order valence-corrected chi connectivity index (χ1v) is 6.02. The second-order valence-corrected chi connectivity index (χ2v) is 5.39. The Hall–Kier alpha value is -0.340. The average Bonchev–Trinajstić information content (AvgIpc) is 2.74. The fraction of sp³-hybridized carbons (Fsp3) is 0.500. The van der Waals surface area contributed by atoms with Crippen molar-refractivity contribution in [1.82, 2.24) is 0 Å². The number of aryl methyl sites for hydroxylation is 1. The number of rotatable bonds is 1. The van der Waals surface area contributed by atoms with Gasteiger partial charge in [-0.25, -0.2) is 0 Å². The van der Waals surface area contributed by atoms with Crippen molar-refractivity contribution in [2.75, 3.05) is 0 Å². The van der Waals surface area contributed by atoms with Crippen molar-refractivity contribution in [3.05, 3.63) is 33.3 Å². The molecule has 0 bridgehead atoms. The highest BCUT2D eigenvalue weighted by Crippen LogP contribution is 2.49. The van der Waals surface area contributed by atoms with E-state index in [-0.39, 0.29) is 0 Å². The number of aliphatic hydroxyl groups is 1. The minimum absolute atomic E-state index is 0.474. The van der Waals surface area contributed by atoms with Crippen LogP contribution in [0.15, 0.2) is 16.6 Å². The van der Waals surface area contributed by atoms with E-state index < -0.39 is 5.60 Å². The van der Waals surface area contributed by atoms with Gasteiger partial charge >= 0.3 is 0 Å². The van der Waals surface area contributed by atoms with E-state index in [1.807, 2.05) is 0 Å². The smallest absolute Gasteiger partial charge is 0.0902 e. The molecular weight excluding hydrogens is 240 g/mol. The molecule has 0 atom stereocenters. The lowest BCUT2D eigenvalue weighted by molar-refractivity contribution is 0.150. The topological polar surface area (TPSA) is 20.2 Å². The number of fused-ring (bicyclic) bond motifs is 1. The van der Waals surface area contributed by atoms with Crippen molar-refractivity contribution in [3.63, 3.8) is 0 Å². The van der Waals surface area contributed by atoms with Crippen molar-refractivity contribution in [3.8, 4) is 0 Å². The van der Waals surface area contributed by atoms with Gasteiger partial charge in [0, 0.05) is 4.47 Å². The summed E-state index contributed by atoms with van der Waals surface area (Å²) in [7, 11) is 0. The summed E-state index contributed by atoms with van der Waals surface area (Å²) in [6.07, 6.45) is 5.46. The molecule has 2 aliphatic rings. The van der Waals surface area contributed by atoms with Crippen molar-refractivity contribution < 1.29 is 5.11 Å². The summed E-state index contributed by atoms with van der Waals surface area (Å²) >= 11 is 3.52. The zero-order chi connectivity index (χ0) is 9.76. The molecule has 1 N–H and O–H groups in total. The first kappa shape index (κ1) is 8.93. The molecule has 1 saturated carbocycles. The quantitative estimate of drug-likeness (QED) is 0.815. The van der Waals surface area contributed by atoms with Gasteiger partial charge in [0.1, 0.15) is 0 Å². The fourth-order valence-corrected chi connectivity index (χ4v) is 2.98. The van der Waals surface area contributed by atoms with Gasteiger partial charge in [0.25, 0.3) is 0 Å². The molecular formula is C12H13BrO. The Morgan fingerprint density at radius 1 is 1.21 bits per heavy atom. The molecule has 0 unspecified atom stereocenters. The lowest BCUT2D eigenvalue weighted by Gasteiger charge is -2.14. The van der Waals surface area contributed by atoms with Gasteiger partial charge in [0.05, 0.1) is 5.60 Å². The van der Waals surface area contributed by atoms with Crippen molar-refractivity contribution in [2.24, 2.45) is 0 Å². The highest BCUT2D eigenvalue weighted by Gasteiger charge is 2.44. The maximum atomic E-state index is 10.2. The summed E-state index contributed by atoms with van der Waals surface area (Å²) in [6.45, 7) is 0. The van der Waals surface area contributed by atoms with E-state index in [1.165, 1.54) is 29.5 Å². The highest BCUT2D eigenvalue weighted by molar-refractivity contribution is 9.10. The third kappa shape index (κ3) is 1.24. The lowest BCUT2D eigenvalue weighted by Crippen LogP contribution is -2.08. The minimum atomic E-state index is -0.474. The van der Waals surface area contributed by atoms with Crippen LogP contribution in [0.3, 0.4) is 0 Å². The Morgan fingerprint density at radius 2 is 2.00 bits per heavy atom. The Kier molecular flexibility index (Phi) is 1.80. The second kappa shape index (κ2) is 2.83. The van der Waals surface area contributed by atoms with Crippen LogP contribution in [0, 0.1) is 0 Å². The number of benzene rings is 1. The number of halogens is 1. The van der Waals surface area contributed by atoms with Crippen LogP contribution >= 0.6 is 15.9 Å². The van der Waals surface area contributed by atoms with Crippen LogP contribution in [0.2, 0.25) is 0 Å². The predicted molar refractivity (Wildman–Crippen MR) is 59.3 cm³/mol. The second-order valence-electron chi connectivity index (χ2n) is 4.48. The Morgan fingerprint density at radius 3 is 2.71 bits per heavy atom. The van der Waals surface area contributed by atoms with Crippen molar-refractivity contribution in [2.45, 2.75) is 37.7 Å². The van der Waals surface area contributed by atoms with E-state index >= 15 is 0 Å². The molecule has 1 nitrogen and oxygen atoms in total. The van der Waals surface area contributed by atoms with E-state index in [2.05, 4.69) is 28.1 Å². The molecule has 0 spiro atoms. The molecule has 1 aromatic rings. The monoisotopic (exact) mass is 252 g/mol. The van der Waals surface area contributed by atoms with Crippen molar-refractivity contribution in [1.29, 1.82) is 0 Å². The molecule has 0 aliphatic heterocycles. The molecule has 74 valence electrons. The summed E-state index contributed by atoms with van der Waals surface area (Å²) in [4.78, 5) is 0. The van der Waals surface area contributed by atoms with E-state index in [0.29, 0.717) is 0 Å². The van der Waals surface area contributed by atoms with Crippen molar-refractivity contribution >= 4 is 15.9 Å². The van der Waals surface area contributed by atoms with Gasteiger partial charge in [0.2, 0.25) is 0 Å². The van der Waals surface area contributed by atoms with Crippen LogP contribution in [0.4, 0.5) is 0 Å². The summed E-state index contributed by atoms with van der Waals surface area (Å²) < 4.78 is 1.12. The molecule has 0 amide bonds. The standard InChI is InChI=1S/C12H13BrO/c13-9-6-8-2-1-3-10(8)11(7-9)12(14)4-5-12/h6-7,14H,1-5H2. The van der Waals surface area contributed by atoms with Crippen LogP contribution in [0.5, 0.6) is 0 Å². The fourth-order valence-electron chi connectivity index (χ4n) is 2.47. The Bertz CT molecular complexity index is 394. The molecule has 0 aromatic heterocycles. The van der Waals surface area contributed by atoms with E-state index in [0.717, 1.165) is 23.7 Å².